The molecule has 6 heteroatoms. The van der Waals surface area contributed by atoms with Crippen LogP contribution in [0.25, 0.3) is 0 Å². The van der Waals surface area contributed by atoms with E-state index in [1.807, 2.05) is 4.90 Å². The molecule has 1 saturated heterocycles. The summed E-state index contributed by atoms with van der Waals surface area (Å²) in [5.41, 5.74) is 0.733. The number of aromatic hydroxyl groups is 1. The molecule has 1 heterocycles. The molecule has 1 aliphatic rings. The molecule has 0 bridgehead atoms. The first-order chi connectivity index (χ1) is 9.66. The fourth-order valence-corrected chi connectivity index (χ4v) is 2.28. The Labute approximate surface area is 123 Å². The van der Waals surface area contributed by atoms with Crippen LogP contribution >= 0.6 is 11.6 Å². The van der Waals surface area contributed by atoms with Gasteiger partial charge in [0.15, 0.2) is 0 Å². The third kappa shape index (κ3) is 4.37. The fraction of sp³-hybridized carbons (Fsp3) is 0.500. The van der Waals surface area contributed by atoms with Crippen LogP contribution in [-0.4, -0.2) is 48.8 Å². The summed E-state index contributed by atoms with van der Waals surface area (Å²) in [6.45, 7) is 3.65. The Morgan fingerprint density at radius 3 is 2.90 bits per heavy atom. The number of hydrogen-bond acceptors (Lipinski definition) is 4. The van der Waals surface area contributed by atoms with Gasteiger partial charge in [0.1, 0.15) is 5.75 Å². The Bertz CT molecular complexity index is 462. The molecular weight excluding hydrogens is 280 g/mol. The zero-order chi connectivity index (χ0) is 14.4. The van der Waals surface area contributed by atoms with Crippen LogP contribution in [-0.2, 0) is 16.1 Å². The summed E-state index contributed by atoms with van der Waals surface area (Å²) in [4.78, 5) is 13.7. The van der Waals surface area contributed by atoms with E-state index < -0.39 is 0 Å². The lowest BCUT2D eigenvalue weighted by molar-refractivity contribution is -0.135. The summed E-state index contributed by atoms with van der Waals surface area (Å²) < 4.78 is 5.21. The molecule has 5 nitrogen and oxygen atoms in total. The second kappa shape index (κ2) is 7.47. The predicted molar refractivity (Wildman–Crippen MR) is 76.8 cm³/mol. The molecule has 0 radical (unpaired) electrons. The van der Waals surface area contributed by atoms with Crippen molar-refractivity contribution >= 4 is 17.5 Å². The van der Waals surface area contributed by atoms with Gasteiger partial charge in [-0.3, -0.25) is 4.79 Å². The van der Waals surface area contributed by atoms with E-state index in [2.05, 4.69) is 5.32 Å². The molecule has 0 atom stereocenters. The van der Waals surface area contributed by atoms with Gasteiger partial charge in [0.25, 0.3) is 0 Å². The van der Waals surface area contributed by atoms with Crippen molar-refractivity contribution in [2.45, 2.75) is 13.0 Å². The Hall–Kier alpha value is -1.30. The number of phenols is 1. The van der Waals surface area contributed by atoms with Gasteiger partial charge < -0.3 is 20.1 Å². The molecule has 110 valence electrons. The zero-order valence-electron chi connectivity index (χ0n) is 11.3. The average molecular weight is 299 g/mol. The second-order valence-corrected chi connectivity index (χ2v) is 5.13. The van der Waals surface area contributed by atoms with Crippen molar-refractivity contribution in [3.05, 3.63) is 28.8 Å². The van der Waals surface area contributed by atoms with Crippen LogP contribution in [0.5, 0.6) is 5.75 Å². The molecule has 1 aromatic carbocycles. The molecule has 0 aromatic heterocycles. The van der Waals surface area contributed by atoms with Crippen LogP contribution < -0.4 is 5.32 Å². The number of nitrogens with one attached hydrogen (secondary N) is 1. The summed E-state index contributed by atoms with van der Waals surface area (Å²) in [6, 6.07) is 4.92. The quantitative estimate of drug-likeness (QED) is 0.806. The highest BCUT2D eigenvalue weighted by atomic mass is 35.5. The summed E-state index contributed by atoms with van der Waals surface area (Å²) in [6.07, 6.45) is 0.446. The Balaban J connectivity index is 1.70. The van der Waals surface area contributed by atoms with E-state index in [-0.39, 0.29) is 11.7 Å². The van der Waals surface area contributed by atoms with E-state index in [0.717, 1.165) is 5.56 Å². The maximum Gasteiger partial charge on any atom is 0.224 e. The largest absolute Gasteiger partial charge is 0.508 e. The minimum Gasteiger partial charge on any atom is -0.508 e. The molecule has 0 aliphatic carbocycles. The van der Waals surface area contributed by atoms with Gasteiger partial charge in [0.2, 0.25) is 5.91 Å². The highest BCUT2D eigenvalue weighted by molar-refractivity contribution is 6.30. The first-order valence-electron chi connectivity index (χ1n) is 6.70. The zero-order valence-corrected chi connectivity index (χ0v) is 12.0. The summed E-state index contributed by atoms with van der Waals surface area (Å²) in [7, 11) is 0. The smallest absolute Gasteiger partial charge is 0.224 e. The molecule has 20 heavy (non-hydrogen) atoms. The van der Waals surface area contributed by atoms with Crippen LogP contribution in [0.15, 0.2) is 18.2 Å². The molecule has 0 unspecified atom stereocenters. The van der Waals surface area contributed by atoms with E-state index in [9.17, 15) is 9.90 Å². The molecular formula is C14H19ClN2O3. The van der Waals surface area contributed by atoms with E-state index in [1.165, 1.54) is 0 Å². The highest BCUT2D eigenvalue weighted by Gasteiger charge is 2.15. The van der Waals surface area contributed by atoms with Crippen molar-refractivity contribution in [2.75, 3.05) is 32.8 Å². The van der Waals surface area contributed by atoms with E-state index in [1.54, 1.807) is 18.2 Å². The van der Waals surface area contributed by atoms with Gasteiger partial charge in [-0.15, -0.1) is 0 Å². The van der Waals surface area contributed by atoms with Gasteiger partial charge in [-0.25, -0.2) is 0 Å². The second-order valence-electron chi connectivity index (χ2n) is 4.69. The number of carbonyl (C=O) groups excluding carboxylic acids is 1. The van der Waals surface area contributed by atoms with E-state index >= 15 is 0 Å². The average Bonchev–Trinajstić information content (AvgIpc) is 2.47. The normalized spacial score (nSPS) is 15.3. The molecule has 0 spiro atoms. The lowest BCUT2D eigenvalue weighted by Gasteiger charge is -2.26. The number of amides is 1. The Kier molecular flexibility index (Phi) is 5.64. The molecule has 1 amide bonds. The lowest BCUT2D eigenvalue weighted by Crippen LogP contribution is -2.41. The minimum absolute atomic E-state index is 0.135. The molecule has 1 fully saturated rings. The number of phenolic OH excluding ortho intramolecular Hbond substituents is 1. The monoisotopic (exact) mass is 298 g/mol. The molecule has 2 rings (SSSR count). The minimum atomic E-state index is 0.135. The number of morpholine rings is 1. The van der Waals surface area contributed by atoms with Gasteiger partial charge >= 0.3 is 0 Å². The molecule has 2 N–H and O–H groups in total. The first-order valence-corrected chi connectivity index (χ1v) is 7.08. The summed E-state index contributed by atoms with van der Waals surface area (Å²) in [5.74, 6) is 0.345. The number of rotatable bonds is 5. The standard InChI is InChI=1S/C14H19ClN2O3/c15-12-1-2-13(18)11(9-12)10-16-4-3-14(19)17-5-7-20-8-6-17/h1-2,9,16,18H,3-8,10H2. The maximum absolute atomic E-state index is 11.9. The third-order valence-electron chi connectivity index (χ3n) is 3.24. The number of carbonyl (C=O) groups is 1. The van der Waals surface area contributed by atoms with Gasteiger partial charge in [-0.1, -0.05) is 11.6 Å². The van der Waals surface area contributed by atoms with Crippen molar-refractivity contribution in [3.8, 4) is 5.75 Å². The summed E-state index contributed by atoms with van der Waals surface area (Å²) in [5, 5.41) is 13.4. The van der Waals surface area contributed by atoms with Gasteiger partial charge in [0.05, 0.1) is 13.2 Å². The molecule has 1 aromatic rings. The highest BCUT2D eigenvalue weighted by Crippen LogP contribution is 2.21. The fourth-order valence-electron chi connectivity index (χ4n) is 2.08. The van der Waals surface area contributed by atoms with Crippen LogP contribution in [0.1, 0.15) is 12.0 Å². The van der Waals surface area contributed by atoms with Gasteiger partial charge in [-0.2, -0.15) is 0 Å². The van der Waals surface area contributed by atoms with Gasteiger partial charge in [-0.05, 0) is 18.2 Å². The number of halogens is 1. The summed E-state index contributed by atoms with van der Waals surface area (Å²) >= 11 is 5.87. The lowest BCUT2D eigenvalue weighted by atomic mass is 10.2. The van der Waals surface area contributed by atoms with E-state index in [4.69, 9.17) is 16.3 Å². The third-order valence-corrected chi connectivity index (χ3v) is 3.47. The molecule has 0 saturated carbocycles. The van der Waals surface area contributed by atoms with E-state index in [0.29, 0.717) is 50.8 Å². The van der Waals surface area contributed by atoms with Crippen molar-refractivity contribution in [2.24, 2.45) is 0 Å². The van der Waals surface area contributed by atoms with Crippen molar-refractivity contribution in [1.82, 2.24) is 10.2 Å². The number of nitrogens with zero attached hydrogens (tertiary/aromatic N) is 1. The SMILES string of the molecule is O=C(CCNCc1cc(Cl)ccc1O)N1CCOCC1. The van der Waals surface area contributed by atoms with Crippen LogP contribution in [0.4, 0.5) is 0 Å². The van der Waals surface area contributed by atoms with Crippen molar-refractivity contribution in [3.63, 3.8) is 0 Å². The first kappa shape index (κ1) is 15.1. The number of ether oxygens (including phenoxy) is 1. The molecule has 1 aliphatic heterocycles. The van der Waals surface area contributed by atoms with Crippen molar-refractivity contribution < 1.29 is 14.6 Å². The Morgan fingerprint density at radius 2 is 2.15 bits per heavy atom. The predicted octanol–water partition coefficient (Wildman–Crippen LogP) is 1.38. The van der Waals surface area contributed by atoms with Gasteiger partial charge in [0, 0.05) is 43.2 Å². The number of benzene rings is 1. The topological polar surface area (TPSA) is 61.8 Å². The van der Waals surface area contributed by atoms with Crippen LogP contribution in [0, 0.1) is 0 Å². The Morgan fingerprint density at radius 1 is 1.40 bits per heavy atom. The maximum atomic E-state index is 11.9. The van der Waals surface area contributed by atoms with Crippen LogP contribution in [0.2, 0.25) is 5.02 Å². The van der Waals surface area contributed by atoms with Crippen LogP contribution in [0.3, 0.4) is 0 Å². The number of hydrogen-bond donors (Lipinski definition) is 2. The van der Waals surface area contributed by atoms with Crippen molar-refractivity contribution in [1.29, 1.82) is 0 Å².